The molecule has 0 spiro atoms. The smallest absolute Gasteiger partial charge is 0.287 e. The van der Waals surface area contributed by atoms with Crippen LogP contribution in [0, 0.1) is 6.92 Å². The summed E-state index contributed by atoms with van der Waals surface area (Å²) < 4.78 is 5.20. The Morgan fingerprint density at radius 1 is 1.13 bits per heavy atom. The highest BCUT2D eigenvalue weighted by Crippen LogP contribution is 2.19. The Morgan fingerprint density at radius 2 is 1.83 bits per heavy atom. The number of aryl methyl sites for hydroxylation is 1. The van der Waals surface area contributed by atoms with Crippen molar-refractivity contribution in [1.29, 1.82) is 0 Å². The van der Waals surface area contributed by atoms with E-state index in [9.17, 15) is 4.79 Å². The van der Waals surface area contributed by atoms with Gasteiger partial charge in [0.25, 0.3) is 5.91 Å². The van der Waals surface area contributed by atoms with Crippen molar-refractivity contribution in [2.24, 2.45) is 4.99 Å². The zero-order chi connectivity index (χ0) is 20.5. The van der Waals surface area contributed by atoms with Crippen molar-refractivity contribution in [2.75, 3.05) is 38.1 Å². The minimum atomic E-state index is -0.166. The van der Waals surface area contributed by atoms with E-state index in [-0.39, 0.29) is 29.9 Å². The first-order valence-corrected chi connectivity index (χ1v) is 10.3. The Balaban J connectivity index is 0.00000320. The van der Waals surface area contributed by atoms with Crippen LogP contribution < -0.4 is 20.9 Å². The van der Waals surface area contributed by atoms with Gasteiger partial charge in [0.1, 0.15) is 0 Å². The summed E-state index contributed by atoms with van der Waals surface area (Å²) in [6.07, 6.45) is 4.49. The average molecular weight is 525 g/mol. The molecule has 0 bridgehead atoms. The number of guanidine groups is 1. The Hall–Kier alpha value is -2.23. The second-order valence-electron chi connectivity index (χ2n) is 7.28. The van der Waals surface area contributed by atoms with Gasteiger partial charge in [-0.25, -0.2) is 0 Å². The second kappa shape index (κ2) is 12.5. The molecule has 2 heterocycles. The second-order valence-corrected chi connectivity index (χ2v) is 7.28. The summed E-state index contributed by atoms with van der Waals surface area (Å²) >= 11 is 0. The van der Waals surface area contributed by atoms with Crippen molar-refractivity contribution in [3.05, 3.63) is 54.0 Å². The molecule has 2 aromatic rings. The minimum Gasteiger partial charge on any atom is -0.459 e. The number of amides is 1. The van der Waals surface area contributed by atoms with Crippen LogP contribution in [0.1, 0.15) is 35.4 Å². The van der Waals surface area contributed by atoms with E-state index in [1.165, 1.54) is 12.0 Å². The van der Waals surface area contributed by atoms with Crippen LogP contribution in [-0.4, -0.2) is 51.1 Å². The molecule has 1 amide bonds. The summed E-state index contributed by atoms with van der Waals surface area (Å²) in [5.41, 5.74) is 2.14. The Labute approximate surface area is 195 Å². The van der Waals surface area contributed by atoms with Gasteiger partial charge in [-0.3, -0.25) is 9.79 Å². The molecule has 164 valence electrons. The predicted octanol–water partition coefficient (Wildman–Crippen LogP) is 3.16. The van der Waals surface area contributed by atoms with Gasteiger partial charge in [0.05, 0.1) is 6.26 Å². The number of aliphatic imine (C=N–C) groups is 1. The lowest BCUT2D eigenvalue weighted by molar-refractivity contribution is 0.0925. The highest BCUT2D eigenvalue weighted by Gasteiger charge is 2.20. The van der Waals surface area contributed by atoms with Crippen LogP contribution in [0.25, 0.3) is 0 Å². The maximum absolute atomic E-state index is 12.0. The molecule has 7 nitrogen and oxygen atoms in total. The first kappa shape index (κ1) is 24.0. The molecule has 1 fully saturated rings. The van der Waals surface area contributed by atoms with Gasteiger partial charge in [0, 0.05) is 50.5 Å². The van der Waals surface area contributed by atoms with Gasteiger partial charge in [-0.2, -0.15) is 0 Å². The zero-order valence-electron chi connectivity index (χ0n) is 17.7. The molecule has 0 radical (unpaired) electrons. The number of nitrogens with zero attached hydrogens (tertiary/aromatic N) is 2. The van der Waals surface area contributed by atoms with Gasteiger partial charge >= 0.3 is 0 Å². The van der Waals surface area contributed by atoms with E-state index in [2.05, 4.69) is 56.2 Å². The van der Waals surface area contributed by atoms with E-state index in [4.69, 9.17) is 4.42 Å². The highest BCUT2D eigenvalue weighted by atomic mass is 127. The van der Waals surface area contributed by atoms with Crippen LogP contribution in [-0.2, 0) is 0 Å². The summed E-state index contributed by atoms with van der Waals surface area (Å²) in [5.74, 6) is 1.04. The Bertz CT molecular complexity index is 801. The standard InChI is InChI=1S/C22H31N5O2.HI/c1-17-11-16-29-20(17)21(28)24-12-6-13-25-22(23-2)26-18-9-14-27(15-10-18)19-7-4-3-5-8-19;/h3-5,7-8,11,16,18H,6,9-10,12-15H2,1-2H3,(H,24,28)(H2,23,25,26);1H. The molecule has 30 heavy (non-hydrogen) atoms. The molecule has 0 aliphatic carbocycles. The number of para-hydroxylation sites is 1. The van der Waals surface area contributed by atoms with Crippen LogP contribution in [0.4, 0.5) is 5.69 Å². The summed E-state index contributed by atoms with van der Waals surface area (Å²) in [4.78, 5) is 18.8. The number of furan rings is 1. The van der Waals surface area contributed by atoms with Gasteiger partial charge in [-0.05, 0) is 44.4 Å². The molecule has 3 N–H and O–H groups in total. The number of hydrogen-bond acceptors (Lipinski definition) is 4. The zero-order valence-corrected chi connectivity index (χ0v) is 20.0. The normalized spacial score (nSPS) is 14.7. The fraction of sp³-hybridized carbons (Fsp3) is 0.455. The van der Waals surface area contributed by atoms with Crippen LogP contribution in [0.15, 0.2) is 52.1 Å². The van der Waals surface area contributed by atoms with Crippen molar-refractivity contribution >= 4 is 41.5 Å². The number of carbonyl (C=O) groups is 1. The highest BCUT2D eigenvalue weighted by molar-refractivity contribution is 14.0. The van der Waals surface area contributed by atoms with E-state index >= 15 is 0 Å². The summed E-state index contributed by atoms with van der Waals surface area (Å²) in [6, 6.07) is 12.8. The van der Waals surface area contributed by atoms with Crippen LogP contribution >= 0.6 is 24.0 Å². The van der Waals surface area contributed by atoms with Crippen molar-refractivity contribution in [3.8, 4) is 0 Å². The number of halogens is 1. The Kier molecular flexibility index (Phi) is 9.99. The fourth-order valence-electron chi connectivity index (χ4n) is 3.49. The van der Waals surface area contributed by atoms with Crippen LogP contribution in [0.3, 0.4) is 0 Å². The molecule has 3 rings (SSSR count). The summed E-state index contributed by atoms with van der Waals surface area (Å²) in [7, 11) is 1.79. The van der Waals surface area contributed by atoms with Crippen molar-refractivity contribution in [2.45, 2.75) is 32.2 Å². The van der Waals surface area contributed by atoms with Gasteiger partial charge < -0.3 is 25.3 Å². The number of benzene rings is 1. The first-order chi connectivity index (χ1) is 14.2. The first-order valence-electron chi connectivity index (χ1n) is 10.3. The lowest BCUT2D eigenvalue weighted by Crippen LogP contribution is -2.49. The summed E-state index contributed by atoms with van der Waals surface area (Å²) in [5, 5.41) is 9.73. The van der Waals surface area contributed by atoms with Gasteiger partial charge in [-0.15, -0.1) is 24.0 Å². The van der Waals surface area contributed by atoms with Crippen LogP contribution in [0.2, 0.25) is 0 Å². The third kappa shape index (κ3) is 6.93. The molecule has 0 unspecified atom stereocenters. The number of anilines is 1. The van der Waals surface area contributed by atoms with E-state index in [1.807, 2.05) is 6.92 Å². The number of rotatable bonds is 7. The van der Waals surface area contributed by atoms with Crippen molar-refractivity contribution in [1.82, 2.24) is 16.0 Å². The number of carbonyl (C=O) groups excluding carboxylic acids is 1. The maximum Gasteiger partial charge on any atom is 0.287 e. The molecular weight excluding hydrogens is 493 g/mol. The SMILES string of the molecule is CN=C(NCCCNC(=O)c1occc1C)NC1CCN(c2ccccc2)CC1.I. The lowest BCUT2D eigenvalue weighted by Gasteiger charge is -2.34. The molecule has 8 heteroatoms. The average Bonchev–Trinajstić information content (AvgIpc) is 3.19. The molecule has 1 aliphatic rings. The maximum atomic E-state index is 12.0. The third-order valence-electron chi connectivity index (χ3n) is 5.18. The lowest BCUT2D eigenvalue weighted by atomic mass is 10.0. The van der Waals surface area contributed by atoms with Crippen LogP contribution in [0.5, 0.6) is 0 Å². The van der Waals surface area contributed by atoms with Gasteiger partial charge in [0.2, 0.25) is 0 Å². The van der Waals surface area contributed by atoms with E-state index in [0.29, 0.717) is 18.3 Å². The molecular formula is C22H32IN5O2. The number of piperidine rings is 1. The van der Waals surface area contributed by atoms with Crippen molar-refractivity contribution < 1.29 is 9.21 Å². The molecule has 0 saturated carbocycles. The predicted molar refractivity (Wildman–Crippen MR) is 132 cm³/mol. The van der Waals surface area contributed by atoms with Crippen molar-refractivity contribution in [3.63, 3.8) is 0 Å². The van der Waals surface area contributed by atoms with E-state index < -0.39 is 0 Å². The number of nitrogens with one attached hydrogen (secondary N) is 3. The largest absolute Gasteiger partial charge is 0.459 e. The molecule has 1 aromatic heterocycles. The van der Waals surface area contributed by atoms with Gasteiger partial charge in [-0.1, -0.05) is 18.2 Å². The molecule has 1 aromatic carbocycles. The monoisotopic (exact) mass is 525 g/mol. The van der Waals surface area contributed by atoms with Gasteiger partial charge in [0.15, 0.2) is 11.7 Å². The van der Waals surface area contributed by atoms with E-state index in [0.717, 1.165) is 50.4 Å². The summed E-state index contributed by atoms with van der Waals surface area (Å²) in [6.45, 7) is 5.26. The molecule has 1 saturated heterocycles. The Morgan fingerprint density at radius 3 is 2.47 bits per heavy atom. The topological polar surface area (TPSA) is 81.9 Å². The minimum absolute atomic E-state index is 0. The van der Waals surface area contributed by atoms with E-state index in [1.54, 1.807) is 13.1 Å². The molecule has 1 aliphatic heterocycles. The third-order valence-corrected chi connectivity index (χ3v) is 5.18. The molecule has 0 atom stereocenters. The fourth-order valence-corrected chi connectivity index (χ4v) is 3.49. The quantitative estimate of drug-likeness (QED) is 0.224. The number of hydrogen-bond donors (Lipinski definition) is 3.